The van der Waals surface area contributed by atoms with Crippen molar-refractivity contribution in [2.75, 3.05) is 60.1 Å². The second kappa shape index (κ2) is 10.3. The molecule has 1 fully saturated rings. The van der Waals surface area contributed by atoms with Gasteiger partial charge in [-0.3, -0.25) is 4.90 Å². The van der Waals surface area contributed by atoms with E-state index in [1.165, 1.54) is 0 Å². The van der Waals surface area contributed by atoms with Crippen molar-refractivity contribution in [3.05, 3.63) is 52.4 Å². The summed E-state index contributed by atoms with van der Waals surface area (Å²) in [5.74, 6) is 1.88. The molecular weight excluding hydrogens is 420 g/mol. The van der Waals surface area contributed by atoms with Gasteiger partial charge in [0.15, 0.2) is 11.5 Å². The van der Waals surface area contributed by atoms with Crippen molar-refractivity contribution in [3.8, 4) is 28.4 Å². The second-order valence-corrected chi connectivity index (χ2v) is 8.24. The van der Waals surface area contributed by atoms with E-state index < -0.39 is 5.63 Å². The molecule has 176 valence electrons. The van der Waals surface area contributed by atoms with Gasteiger partial charge in [-0.1, -0.05) is 13.0 Å². The number of rotatable bonds is 8. The van der Waals surface area contributed by atoms with Crippen LogP contribution in [0.2, 0.25) is 0 Å². The summed E-state index contributed by atoms with van der Waals surface area (Å²) < 4.78 is 22.4. The lowest BCUT2D eigenvalue weighted by molar-refractivity contribution is 0.121. The minimum absolute atomic E-state index is 0.391. The zero-order chi connectivity index (χ0) is 23.4. The highest BCUT2D eigenvalue weighted by Gasteiger charge is 2.17. The summed E-state index contributed by atoms with van der Waals surface area (Å²) in [7, 11) is 3.16. The number of methoxy groups -OCH3 is 2. The lowest BCUT2D eigenvalue weighted by Gasteiger charge is -2.33. The molecule has 3 aromatic rings. The number of fused-ring (bicyclic) bond motifs is 1. The molecule has 0 radical (unpaired) electrons. The highest BCUT2D eigenvalue weighted by molar-refractivity contribution is 5.87. The Balaban J connectivity index is 1.51. The third-order valence-corrected chi connectivity index (χ3v) is 6.40. The molecule has 2 aromatic carbocycles. The number of aryl methyl sites for hydroxylation is 1. The van der Waals surface area contributed by atoms with Crippen LogP contribution in [-0.2, 0) is 0 Å². The summed E-state index contributed by atoms with van der Waals surface area (Å²) in [4.78, 5) is 17.8. The van der Waals surface area contributed by atoms with Gasteiger partial charge >= 0.3 is 5.63 Å². The molecule has 0 aliphatic carbocycles. The zero-order valence-corrected chi connectivity index (χ0v) is 19.8. The molecule has 0 bridgehead atoms. The number of hydrogen-bond acceptors (Lipinski definition) is 7. The lowest BCUT2D eigenvalue weighted by atomic mass is 9.99. The van der Waals surface area contributed by atoms with Gasteiger partial charge in [0.25, 0.3) is 0 Å². The Morgan fingerprint density at radius 1 is 0.939 bits per heavy atom. The molecule has 0 unspecified atom stereocenters. The minimum atomic E-state index is -0.391. The van der Waals surface area contributed by atoms with E-state index in [0.717, 1.165) is 55.8 Å². The minimum Gasteiger partial charge on any atom is -0.493 e. The number of nitrogens with zero attached hydrogens (tertiary/aromatic N) is 2. The fourth-order valence-electron chi connectivity index (χ4n) is 4.37. The van der Waals surface area contributed by atoms with Crippen LogP contribution in [0.25, 0.3) is 22.1 Å². The maximum absolute atomic E-state index is 12.9. The quantitative estimate of drug-likeness (QED) is 0.482. The van der Waals surface area contributed by atoms with Crippen LogP contribution in [0.15, 0.2) is 45.6 Å². The van der Waals surface area contributed by atoms with Gasteiger partial charge in [0.1, 0.15) is 17.9 Å². The fraction of sp³-hybridized carbons (Fsp3) is 0.423. The third kappa shape index (κ3) is 4.99. The van der Waals surface area contributed by atoms with Gasteiger partial charge in [-0.25, -0.2) is 4.79 Å². The highest BCUT2D eigenvalue weighted by atomic mass is 16.5. The van der Waals surface area contributed by atoms with Crippen LogP contribution in [0.4, 0.5) is 0 Å². The van der Waals surface area contributed by atoms with E-state index in [0.29, 0.717) is 35.0 Å². The normalized spacial score (nSPS) is 15.0. The molecule has 1 aliphatic heterocycles. The fourth-order valence-corrected chi connectivity index (χ4v) is 4.37. The standard InChI is InChI=1S/C26H32N2O5/c1-5-27-10-12-28(13-11-27)14-15-32-20-7-8-21-18(2)25(26(29)33-23(21)17-20)19-6-9-22(30-3)24(16-19)31-4/h6-9,16-17H,5,10-15H2,1-4H3. The molecule has 1 aromatic heterocycles. The Labute approximate surface area is 194 Å². The molecule has 0 amide bonds. The molecule has 33 heavy (non-hydrogen) atoms. The predicted molar refractivity (Wildman–Crippen MR) is 130 cm³/mol. The molecule has 0 atom stereocenters. The van der Waals surface area contributed by atoms with Crippen LogP contribution >= 0.6 is 0 Å². The Kier molecular flexibility index (Phi) is 7.20. The van der Waals surface area contributed by atoms with Crippen LogP contribution in [0.3, 0.4) is 0 Å². The molecular formula is C26H32N2O5. The first kappa shape index (κ1) is 23.1. The van der Waals surface area contributed by atoms with E-state index in [4.69, 9.17) is 18.6 Å². The summed E-state index contributed by atoms with van der Waals surface area (Å²) in [6.45, 7) is 11.1. The van der Waals surface area contributed by atoms with Crippen LogP contribution in [0.1, 0.15) is 12.5 Å². The van der Waals surface area contributed by atoms with Gasteiger partial charge in [0, 0.05) is 44.2 Å². The van der Waals surface area contributed by atoms with Crippen molar-refractivity contribution in [3.63, 3.8) is 0 Å². The van der Waals surface area contributed by atoms with Crippen LogP contribution in [0.5, 0.6) is 17.2 Å². The van der Waals surface area contributed by atoms with Gasteiger partial charge in [-0.2, -0.15) is 0 Å². The predicted octanol–water partition coefficient (Wildman–Crippen LogP) is 3.80. The van der Waals surface area contributed by atoms with Crippen molar-refractivity contribution >= 4 is 11.0 Å². The number of benzene rings is 2. The van der Waals surface area contributed by atoms with Crippen molar-refractivity contribution < 1.29 is 18.6 Å². The van der Waals surface area contributed by atoms with Gasteiger partial charge in [0.2, 0.25) is 0 Å². The van der Waals surface area contributed by atoms with Crippen molar-refractivity contribution in [2.45, 2.75) is 13.8 Å². The SMILES string of the molecule is CCN1CCN(CCOc2ccc3c(C)c(-c4ccc(OC)c(OC)c4)c(=O)oc3c2)CC1. The van der Waals surface area contributed by atoms with Gasteiger partial charge in [0.05, 0.1) is 19.8 Å². The monoisotopic (exact) mass is 452 g/mol. The average Bonchev–Trinajstić information content (AvgIpc) is 2.84. The van der Waals surface area contributed by atoms with E-state index in [9.17, 15) is 4.79 Å². The van der Waals surface area contributed by atoms with E-state index in [1.54, 1.807) is 32.4 Å². The molecule has 0 spiro atoms. The summed E-state index contributed by atoms with van der Waals surface area (Å²) in [6.07, 6.45) is 0. The number of ether oxygens (including phenoxy) is 3. The molecule has 1 aliphatic rings. The Hall–Kier alpha value is -3.03. The maximum Gasteiger partial charge on any atom is 0.344 e. The lowest BCUT2D eigenvalue weighted by Crippen LogP contribution is -2.47. The molecule has 2 heterocycles. The van der Waals surface area contributed by atoms with E-state index >= 15 is 0 Å². The summed E-state index contributed by atoms with van der Waals surface area (Å²) in [6, 6.07) is 11.1. The Morgan fingerprint density at radius 3 is 2.36 bits per heavy atom. The molecule has 0 saturated carbocycles. The maximum atomic E-state index is 12.9. The molecule has 1 saturated heterocycles. The zero-order valence-electron chi connectivity index (χ0n) is 19.8. The van der Waals surface area contributed by atoms with Crippen LogP contribution < -0.4 is 19.8 Å². The first-order chi connectivity index (χ1) is 16.0. The first-order valence-corrected chi connectivity index (χ1v) is 11.4. The smallest absolute Gasteiger partial charge is 0.344 e. The average molecular weight is 453 g/mol. The first-order valence-electron chi connectivity index (χ1n) is 11.4. The Bertz CT molecular complexity index is 1170. The second-order valence-electron chi connectivity index (χ2n) is 8.24. The number of hydrogen-bond donors (Lipinski definition) is 0. The van der Waals surface area contributed by atoms with Gasteiger partial charge < -0.3 is 23.5 Å². The highest BCUT2D eigenvalue weighted by Crippen LogP contribution is 2.34. The van der Waals surface area contributed by atoms with Crippen molar-refractivity contribution in [1.29, 1.82) is 0 Å². The van der Waals surface area contributed by atoms with Crippen molar-refractivity contribution in [2.24, 2.45) is 0 Å². The summed E-state index contributed by atoms with van der Waals surface area (Å²) >= 11 is 0. The van der Waals surface area contributed by atoms with E-state index in [-0.39, 0.29) is 0 Å². The third-order valence-electron chi connectivity index (χ3n) is 6.40. The van der Waals surface area contributed by atoms with Gasteiger partial charge in [-0.15, -0.1) is 0 Å². The Morgan fingerprint density at radius 2 is 1.67 bits per heavy atom. The largest absolute Gasteiger partial charge is 0.493 e. The number of likely N-dealkylation sites (N-methyl/N-ethyl adjacent to an activating group) is 1. The number of piperazine rings is 1. The topological polar surface area (TPSA) is 64.4 Å². The van der Waals surface area contributed by atoms with Crippen molar-refractivity contribution in [1.82, 2.24) is 9.80 Å². The molecule has 4 rings (SSSR count). The van der Waals surface area contributed by atoms with Crippen LogP contribution in [0, 0.1) is 6.92 Å². The van der Waals surface area contributed by atoms with E-state index in [1.807, 2.05) is 25.1 Å². The molecule has 7 nitrogen and oxygen atoms in total. The summed E-state index contributed by atoms with van der Waals surface area (Å²) in [5, 5.41) is 0.877. The van der Waals surface area contributed by atoms with Crippen LogP contribution in [-0.4, -0.2) is 69.9 Å². The van der Waals surface area contributed by atoms with Gasteiger partial charge in [-0.05, 0) is 48.9 Å². The molecule has 7 heteroatoms. The summed E-state index contributed by atoms with van der Waals surface area (Å²) in [5.41, 5.74) is 2.23. The molecule has 0 N–H and O–H groups in total. The van der Waals surface area contributed by atoms with E-state index in [2.05, 4.69) is 16.7 Å².